The van der Waals surface area contributed by atoms with Gasteiger partial charge in [-0.25, -0.2) is 4.79 Å². The third-order valence-electron chi connectivity index (χ3n) is 6.32. The summed E-state index contributed by atoms with van der Waals surface area (Å²) in [5.74, 6) is -2.33. The van der Waals surface area contributed by atoms with Gasteiger partial charge in [0.05, 0.1) is 20.3 Å². The van der Waals surface area contributed by atoms with Gasteiger partial charge in [0.25, 0.3) is 0 Å². The minimum absolute atomic E-state index is 0.0624. The number of aromatic nitrogens is 2. The first-order valence-electron chi connectivity index (χ1n) is 11.4. The molecule has 0 aliphatic carbocycles. The molecule has 1 N–H and O–H groups in total. The summed E-state index contributed by atoms with van der Waals surface area (Å²) in [5, 5.41) is 10.9. The Morgan fingerprint density at radius 3 is 2.24 bits per heavy atom. The number of carboxylic acids is 1. The van der Waals surface area contributed by atoms with Gasteiger partial charge in [-0.1, -0.05) is 41.9 Å². The summed E-state index contributed by atoms with van der Waals surface area (Å²) in [7, 11) is 4.28. The summed E-state index contributed by atoms with van der Waals surface area (Å²) in [6, 6.07) is 14.2. The van der Waals surface area contributed by atoms with Crippen LogP contribution in [0.15, 0.2) is 54.6 Å². The van der Waals surface area contributed by atoms with E-state index in [0.29, 0.717) is 11.3 Å². The SMILES string of the molecule is COc1cc(OC)nc(O[C@H](C(=O)O)[C@]2(c3ccccc3)c3cc(Cl)ccc3N(C)C(=O)CN2C(C)=O)n1. The smallest absolute Gasteiger partial charge is 0.348 e. The van der Waals surface area contributed by atoms with E-state index in [0.717, 1.165) is 0 Å². The molecule has 1 aliphatic rings. The van der Waals surface area contributed by atoms with E-state index in [4.69, 9.17) is 25.8 Å². The number of hydrogen-bond acceptors (Lipinski definition) is 8. The molecular formula is C26H25ClN4O7. The maximum absolute atomic E-state index is 13.3. The van der Waals surface area contributed by atoms with Gasteiger partial charge in [0.15, 0.2) is 0 Å². The molecule has 2 heterocycles. The zero-order chi connectivity index (χ0) is 27.6. The van der Waals surface area contributed by atoms with Crippen molar-refractivity contribution in [1.82, 2.24) is 14.9 Å². The molecule has 198 valence electrons. The van der Waals surface area contributed by atoms with Crippen LogP contribution >= 0.6 is 11.6 Å². The molecule has 2 amide bonds. The van der Waals surface area contributed by atoms with Gasteiger partial charge in [-0.05, 0) is 23.8 Å². The van der Waals surface area contributed by atoms with Crippen LogP contribution in [0.25, 0.3) is 0 Å². The molecule has 12 heteroatoms. The molecule has 11 nitrogen and oxygen atoms in total. The van der Waals surface area contributed by atoms with Crippen molar-refractivity contribution in [3.63, 3.8) is 0 Å². The second kappa shape index (κ2) is 10.5. The molecule has 4 rings (SSSR count). The molecule has 2 atom stereocenters. The number of nitrogens with zero attached hydrogens (tertiary/aromatic N) is 4. The van der Waals surface area contributed by atoms with E-state index in [1.54, 1.807) is 49.5 Å². The fourth-order valence-corrected chi connectivity index (χ4v) is 4.79. The second-order valence-electron chi connectivity index (χ2n) is 8.42. The van der Waals surface area contributed by atoms with Crippen molar-refractivity contribution in [2.45, 2.75) is 18.6 Å². The molecule has 0 bridgehead atoms. The van der Waals surface area contributed by atoms with E-state index in [-0.39, 0.29) is 28.4 Å². The van der Waals surface area contributed by atoms with Gasteiger partial charge in [0.1, 0.15) is 12.1 Å². The first-order chi connectivity index (χ1) is 18.1. The van der Waals surface area contributed by atoms with Crippen LogP contribution in [0.1, 0.15) is 18.1 Å². The van der Waals surface area contributed by atoms with E-state index < -0.39 is 36.0 Å². The maximum Gasteiger partial charge on any atom is 0.348 e. The van der Waals surface area contributed by atoms with Crippen LogP contribution < -0.4 is 19.1 Å². The number of methoxy groups -OCH3 is 2. The van der Waals surface area contributed by atoms with E-state index in [1.807, 2.05) is 0 Å². The van der Waals surface area contributed by atoms with Crippen molar-refractivity contribution < 1.29 is 33.7 Å². The number of fused-ring (bicyclic) bond motifs is 1. The molecule has 1 aliphatic heterocycles. The lowest BCUT2D eigenvalue weighted by Crippen LogP contribution is -2.61. The number of hydrogen-bond donors (Lipinski definition) is 1. The Kier molecular flexibility index (Phi) is 7.40. The summed E-state index contributed by atoms with van der Waals surface area (Å²) in [4.78, 5) is 50.5. The number of carbonyl (C=O) groups is 3. The number of halogens is 1. The third kappa shape index (κ3) is 4.56. The molecule has 0 spiro atoms. The summed E-state index contributed by atoms with van der Waals surface area (Å²) >= 11 is 6.43. The highest BCUT2D eigenvalue weighted by molar-refractivity contribution is 6.30. The zero-order valence-corrected chi connectivity index (χ0v) is 21.8. The highest BCUT2D eigenvalue weighted by Crippen LogP contribution is 2.47. The molecule has 3 aromatic rings. The largest absolute Gasteiger partial charge is 0.481 e. The number of likely N-dealkylation sites (N-methyl/N-ethyl adjacent to an activating group) is 1. The summed E-state index contributed by atoms with van der Waals surface area (Å²) in [5.41, 5.74) is -0.906. The summed E-state index contributed by atoms with van der Waals surface area (Å²) in [6.07, 6.45) is -1.86. The molecule has 38 heavy (non-hydrogen) atoms. The lowest BCUT2D eigenvalue weighted by Gasteiger charge is -2.45. The van der Waals surface area contributed by atoms with Gasteiger partial charge in [-0.2, -0.15) is 9.97 Å². The predicted molar refractivity (Wildman–Crippen MR) is 137 cm³/mol. The van der Waals surface area contributed by atoms with Gasteiger partial charge in [0.2, 0.25) is 29.7 Å². The number of ether oxygens (including phenoxy) is 3. The Hall–Kier alpha value is -4.38. The average Bonchev–Trinajstić information content (AvgIpc) is 3.00. The maximum atomic E-state index is 13.3. The molecule has 0 saturated carbocycles. The van der Waals surface area contributed by atoms with Gasteiger partial charge in [0, 0.05) is 30.2 Å². The highest BCUT2D eigenvalue weighted by atomic mass is 35.5. The molecular weight excluding hydrogens is 516 g/mol. The normalized spacial score (nSPS) is 17.8. The first kappa shape index (κ1) is 26.7. The Balaban J connectivity index is 2.11. The Bertz CT molecular complexity index is 1370. The minimum Gasteiger partial charge on any atom is -0.481 e. The van der Waals surface area contributed by atoms with Crippen LogP contribution in [-0.4, -0.2) is 71.7 Å². The summed E-state index contributed by atoms with van der Waals surface area (Å²) < 4.78 is 16.4. The predicted octanol–water partition coefficient (Wildman–Crippen LogP) is 2.75. The number of carboxylic acid groups (broad SMARTS) is 1. The van der Waals surface area contributed by atoms with Gasteiger partial charge in [-0.15, -0.1) is 0 Å². The van der Waals surface area contributed by atoms with E-state index >= 15 is 0 Å². The lowest BCUT2D eigenvalue weighted by molar-refractivity contribution is -0.158. The van der Waals surface area contributed by atoms with E-state index in [2.05, 4.69) is 9.97 Å². The first-order valence-corrected chi connectivity index (χ1v) is 11.8. The zero-order valence-electron chi connectivity index (χ0n) is 21.0. The van der Waals surface area contributed by atoms with Crippen LogP contribution in [0, 0.1) is 0 Å². The molecule has 1 aromatic heterocycles. The van der Waals surface area contributed by atoms with Crippen LogP contribution in [0.2, 0.25) is 5.02 Å². The van der Waals surface area contributed by atoms with Crippen LogP contribution in [0.4, 0.5) is 5.69 Å². The number of amides is 2. The fraction of sp³-hybridized carbons (Fsp3) is 0.269. The monoisotopic (exact) mass is 540 g/mol. The van der Waals surface area contributed by atoms with E-state index in [9.17, 15) is 19.5 Å². The van der Waals surface area contributed by atoms with Crippen molar-refractivity contribution in [3.8, 4) is 17.8 Å². The number of benzene rings is 2. The number of rotatable bonds is 7. The lowest BCUT2D eigenvalue weighted by atomic mass is 9.75. The number of carbonyl (C=O) groups excluding carboxylic acids is 2. The van der Waals surface area contributed by atoms with Crippen LogP contribution in [0.5, 0.6) is 17.8 Å². The van der Waals surface area contributed by atoms with Crippen molar-refractivity contribution in [3.05, 3.63) is 70.7 Å². The van der Waals surface area contributed by atoms with Gasteiger partial charge < -0.3 is 29.1 Å². The highest BCUT2D eigenvalue weighted by Gasteiger charge is 2.57. The third-order valence-corrected chi connectivity index (χ3v) is 6.56. The second-order valence-corrected chi connectivity index (χ2v) is 8.86. The molecule has 0 unspecified atom stereocenters. The topological polar surface area (TPSA) is 131 Å². The van der Waals surface area contributed by atoms with Crippen molar-refractivity contribution in [2.24, 2.45) is 0 Å². The average molecular weight is 541 g/mol. The number of anilines is 1. The van der Waals surface area contributed by atoms with Gasteiger partial charge in [-0.3, -0.25) is 9.59 Å². The molecule has 0 saturated heterocycles. The molecule has 0 fully saturated rings. The van der Waals surface area contributed by atoms with Crippen molar-refractivity contribution in [1.29, 1.82) is 0 Å². The standard InChI is InChI=1S/C26H25ClN4O7/c1-15(32)31-14-22(33)30(2)19-11-10-17(27)12-18(19)26(31,16-8-6-5-7-9-16)23(24(34)35)38-25-28-20(36-3)13-21(29-25)37-4/h5-13,23H,14H2,1-4H3,(H,34,35)/t23-,26+/m1/s1. The number of aliphatic carboxylic acids is 1. The van der Waals surface area contributed by atoms with Crippen molar-refractivity contribution in [2.75, 3.05) is 32.7 Å². The minimum atomic E-state index is -1.89. The van der Waals surface area contributed by atoms with Gasteiger partial charge >= 0.3 is 12.0 Å². The van der Waals surface area contributed by atoms with Crippen LogP contribution in [-0.2, 0) is 19.9 Å². The molecule has 0 radical (unpaired) electrons. The Labute approximate surface area is 223 Å². The Morgan fingerprint density at radius 2 is 1.68 bits per heavy atom. The molecule has 2 aromatic carbocycles. The Morgan fingerprint density at radius 1 is 1.05 bits per heavy atom. The van der Waals surface area contributed by atoms with Crippen LogP contribution in [0.3, 0.4) is 0 Å². The van der Waals surface area contributed by atoms with E-state index in [1.165, 1.54) is 43.1 Å². The quantitative estimate of drug-likeness (QED) is 0.480. The fourth-order valence-electron chi connectivity index (χ4n) is 4.61. The summed E-state index contributed by atoms with van der Waals surface area (Å²) in [6.45, 7) is 0.812. The van der Waals surface area contributed by atoms with Crippen molar-refractivity contribution >= 4 is 35.1 Å².